The molecule has 1 heterocycles. The number of nitrogens with one attached hydrogen (secondary N) is 1. The van der Waals surface area contributed by atoms with Gasteiger partial charge in [-0.2, -0.15) is 0 Å². The van der Waals surface area contributed by atoms with Crippen molar-refractivity contribution in [3.63, 3.8) is 0 Å². The summed E-state index contributed by atoms with van der Waals surface area (Å²) in [5.41, 5.74) is 0.898. The molecular weight excluding hydrogens is 226 g/mol. The monoisotopic (exact) mass is 251 g/mol. The summed E-state index contributed by atoms with van der Waals surface area (Å²) in [6.07, 6.45) is 1.82. The van der Waals surface area contributed by atoms with Crippen LogP contribution in [0.1, 0.15) is 39.3 Å². The molecular formula is C14H25N3O. The van der Waals surface area contributed by atoms with Crippen LogP contribution >= 0.6 is 0 Å². The fraction of sp³-hybridized carbons (Fsp3) is 0.643. The number of hydrogen-bond donors (Lipinski definition) is 2. The van der Waals surface area contributed by atoms with Gasteiger partial charge in [-0.05, 0) is 45.0 Å². The smallest absolute Gasteiger partial charge is 0.129 e. The molecule has 18 heavy (non-hydrogen) atoms. The van der Waals surface area contributed by atoms with Crippen LogP contribution in [0.3, 0.4) is 0 Å². The van der Waals surface area contributed by atoms with Gasteiger partial charge in [0, 0.05) is 19.3 Å². The van der Waals surface area contributed by atoms with Crippen LogP contribution in [-0.2, 0) is 0 Å². The van der Waals surface area contributed by atoms with Crippen LogP contribution in [0.15, 0.2) is 18.3 Å². The van der Waals surface area contributed by atoms with E-state index >= 15 is 0 Å². The summed E-state index contributed by atoms with van der Waals surface area (Å²) in [4.78, 5) is 6.39. The van der Waals surface area contributed by atoms with E-state index in [1.54, 1.807) is 0 Å². The normalized spacial score (nSPS) is 13.4. The first-order chi connectivity index (χ1) is 8.42. The van der Waals surface area contributed by atoms with Gasteiger partial charge in [-0.15, -0.1) is 0 Å². The van der Waals surface area contributed by atoms with Crippen molar-refractivity contribution in [2.75, 3.05) is 25.1 Å². The third kappa shape index (κ3) is 3.43. The second-order valence-corrected chi connectivity index (χ2v) is 5.26. The predicted octanol–water partition coefficient (Wildman–Crippen LogP) is 1.96. The average molecular weight is 251 g/mol. The zero-order valence-corrected chi connectivity index (χ0v) is 12.1. The first kappa shape index (κ1) is 14.9. The average Bonchev–Trinajstić information content (AvgIpc) is 2.38. The van der Waals surface area contributed by atoms with E-state index < -0.39 is 0 Å². The van der Waals surface area contributed by atoms with Crippen LogP contribution in [0.25, 0.3) is 0 Å². The van der Waals surface area contributed by atoms with Crippen molar-refractivity contribution in [2.24, 2.45) is 0 Å². The Labute approximate surface area is 110 Å². The fourth-order valence-electron chi connectivity index (χ4n) is 1.73. The first-order valence-corrected chi connectivity index (χ1v) is 6.46. The minimum Gasteiger partial charge on any atom is -0.394 e. The molecule has 4 nitrogen and oxygen atoms in total. The molecule has 0 saturated carbocycles. The van der Waals surface area contributed by atoms with Crippen molar-refractivity contribution in [1.29, 1.82) is 0 Å². The number of pyridine rings is 1. The maximum absolute atomic E-state index is 9.41. The Morgan fingerprint density at radius 3 is 2.72 bits per heavy atom. The minimum atomic E-state index is -0.312. The lowest BCUT2D eigenvalue weighted by Gasteiger charge is -2.35. The maximum Gasteiger partial charge on any atom is 0.129 e. The number of likely N-dealkylation sites (N-methyl/N-ethyl adjacent to an activating group) is 1. The second kappa shape index (κ2) is 6.16. The Morgan fingerprint density at radius 1 is 1.50 bits per heavy atom. The van der Waals surface area contributed by atoms with E-state index in [1.807, 2.05) is 38.1 Å². The molecule has 0 saturated heterocycles. The van der Waals surface area contributed by atoms with Crippen LogP contribution in [0.4, 0.5) is 5.82 Å². The molecule has 0 amide bonds. The maximum atomic E-state index is 9.41. The van der Waals surface area contributed by atoms with Gasteiger partial charge in [0.15, 0.2) is 0 Å². The third-order valence-corrected chi connectivity index (χ3v) is 3.42. The lowest BCUT2D eigenvalue weighted by Crippen LogP contribution is -2.44. The Balaban J connectivity index is 2.94. The zero-order valence-electron chi connectivity index (χ0n) is 12.1. The number of rotatable bonds is 6. The molecule has 0 fully saturated rings. The van der Waals surface area contributed by atoms with Crippen LogP contribution in [0, 0.1) is 0 Å². The van der Waals surface area contributed by atoms with Gasteiger partial charge in [-0.25, -0.2) is 4.98 Å². The predicted molar refractivity (Wildman–Crippen MR) is 75.9 cm³/mol. The molecule has 4 heteroatoms. The Hall–Kier alpha value is -1.13. The number of nitrogens with zero attached hydrogens (tertiary/aromatic N) is 2. The van der Waals surface area contributed by atoms with Crippen molar-refractivity contribution in [3.8, 4) is 0 Å². The van der Waals surface area contributed by atoms with Crippen molar-refractivity contribution < 1.29 is 5.11 Å². The molecule has 1 rings (SSSR count). The highest BCUT2D eigenvalue weighted by Crippen LogP contribution is 2.22. The fourth-order valence-corrected chi connectivity index (χ4v) is 1.73. The third-order valence-electron chi connectivity index (χ3n) is 3.42. The van der Waals surface area contributed by atoms with Gasteiger partial charge >= 0.3 is 0 Å². The summed E-state index contributed by atoms with van der Waals surface area (Å²) in [6, 6.07) is 4.41. The number of aliphatic hydroxyl groups is 1. The zero-order chi connectivity index (χ0) is 13.8. The summed E-state index contributed by atoms with van der Waals surface area (Å²) in [5, 5.41) is 12.8. The second-order valence-electron chi connectivity index (χ2n) is 5.26. The van der Waals surface area contributed by atoms with Gasteiger partial charge < -0.3 is 15.3 Å². The van der Waals surface area contributed by atoms with Gasteiger partial charge in [-0.1, -0.05) is 6.92 Å². The molecule has 1 aromatic heterocycles. The van der Waals surface area contributed by atoms with Gasteiger partial charge in [0.05, 0.1) is 12.1 Å². The van der Waals surface area contributed by atoms with E-state index in [2.05, 4.69) is 30.2 Å². The first-order valence-electron chi connectivity index (χ1n) is 6.46. The largest absolute Gasteiger partial charge is 0.394 e. The molecule has 1 aromatic rings. The minimum absolute atomic E-state index is 0.0954. The molecule has 0 radical (unpaired) electrons. The number of anilines is 1. The molecule has 102 valence electrons. The molecule has 0 aliphatic rings. The van der Waals surface area contributed by atoms with Crippen molar-refractivity contribution in [3.05, 3.63) is 23.9 Å². The Morgan fingerprint density at radius 2 is 2.17 bits per heavy atom. The van der Waals surface area contributed by atoms with Gasteiger partial charge in [0.2, 0.25) is 0 Å². The standard InChI is InChI=1S/C14H25N3O/c1-6-15-11(2)12-7-8-16-13(9-12)17(5)14(3,4)10-18/h7-9,11,15,18H,6,10H2,1-5H3. The van der Waals surface area contributed by atoms with Crippen LogP contribution in [0.2, 0.25) is 0 Å². The quantitative estimate of drug-likeness (QED) is 0.811. The SMILES string of the molecule is CCNC(C)c1ccnc(N(C)C(C)(C)CO)c1. The molecule has 0 bridgehead atoms. The van der Waals surface area contributed by atoms with Gasteiger partial charge in [0.1, 0.15) is 5.82 Å². The summed E-state index contributed by atoms with van der Waals surface area (Å²) in [6.45, 7) is 9.26. The van der Waals surface area contributed by atoms with Crippen LogP contribution in [-0.4, -0.2) is 35.8 Å². The summed E-state index contributed by atoms with van der Waals surface area (Å²) in [5.74, 6) is 0.885. The Bertz CT molecular complexity index is 379. The summed E-state index contributed by atoms with van der Waals surface area (Å²) >= 11 is 0. The van der Waals surface area contributed by atoms with Crippen LogP contribution < -0.4 is 10.2 Å². The molecule has 0 aliphatic heterocycles. The Kier molecular flexibility index (Phi) is 5.11. The molecule has 0 spiro atoms. The van der Waals surface area contributed by atoms with E-state index in [0.717, 1.165) is 12.4 Å². The molecule has 2 N–H and O–H groups in total. The van der Waals surface area contributed by atoms with E-state index in [9.17, 15) is 5.11 Å². The van der Waals surface area contributed by atoms with E-state index in [0.29, 0.717) is 6.04 Å². The van der Waals surface area contributed by atoms with Crippen molar-refractivity contribution in [2.45, 2.75) is 39.3 Å². The highest BCUT2D eigenvalue weighted by atomic mass is 16.3. The van der Waals surface area contributed by atoms with Gasteiger partial charge in [-0.3, -0.25) is 0 Å². The summed E-state index contributed by atoms with van der Waals surface area (Å²) < 4.78 is 0. The molecule has 1 unspecified atom stereocenters. The highest BCUT2D eigenvalue weighted by Gasteiger charge is 2.23. The topological polar surface area (TPSA) is 48.4 Å². The molecule has 0 aliphatic carbocycles. The van der Waals surface area contributed by atoms with E-state index in [-0.39, 0.29) is 12.1 Å². The van der Waals surface area contributed by atoms with Crippen molar-refractivity contribution in [1.82, 2.24) is 10.3 Å². The van der Waals surface area contributed by atoms with E-state index in [4.69, 9.17) is 0 Å². The van der Waals surface area contributed by atoms with Crippen LogP contribution in [0.5, 0.6) is 0 Å². The van der Waals surface area contributed by atoms with E-state index in [1.165, 1.54) is 5.56 Å². The van der Waals surface area contributed by atoms with Crippen molar-refractivity contribution >= 4 is 5.82 Å². The molecule has 1 atom stereocenters. The number of hydrogen-bond acceptors (Lipinski definition) is 4. The summed E-state index contributed by atoms with van der Waals surface area (Å²) in [7, 11) is 1.96. The lowest BCUT2D eigenvalue weighted by atomic mass is 10.0. The number of aliphatic hydroxyl groups excluding tert-OH is 1. The van der Waals surface area contributed by atoms with Gasteiger partial charge in [0.25, 0.3) is 0 Å². The lowest BCUT2D eigenvalue weighted by molar-refractivity contribution is 0.215. The molecule has 0 aromatic carbocycles. The number of aromatic nitrogens is 1. The highest BCUT2D eigenvalue weighted by molar-refractivity contribution is 5.43.